The van der Waals surface area contributed by atoms with Crippen molar-refractivity contribution in [3.05, 3.63) is 49.6 Å². The van der Waals surface area contributed by atoms with Gasteiger partial charge in [-0.05, 0) is 43.5 Å². The molecule has 3 aliphatic heterocycles. The molecule has 1 spiro atoms. The van der Waals surface area contributed by atoms with Crippen molar-refractivity contribution in [1.82, 2.24) is 4.90 Å². The maximum Gasteiger partial charge on any atom is 0.312 e. The first-order chi connectivity index (χ1) is 17.4. The average molecular weight is 499 g/mol. The summed E-state index contributed by atoms with van der Waals surface area (Å²) in [6.45, 7) is 9.15. The van der Waals surface area contributed by atoms with E-state index < -0.39 is 41.6 Å². The van der Waals surface area contributed by atoms with E-state index in [-0.39, 0.29) is 31.6 Å². The molecule has 2 amide bonds. The summed E-state index contributed by atoms with van der Waals surface area (Å²) in [5.74, 6) is -2.25. The molecule has 9 heteroatoms. The number of nitrogens with zero attached hydrogens (tertiary/aromatic N) is 2. The Balaban J connectivity index is 1.78. The summed E-state index contributed by atoms with van der Waals surface area (Å²) in [6, 6.07) is 5.44. The van der Waals surface area contributed by atoms with Crippen LogP contribution in [-0.4, -0.2) is 78.4 Å². The number of fused-ring (bicyclic) bond motifs is 1. The largest absolute Gasteiger partial charge is 0.497 e. The van der Waals surface area contributed by atoms with Gasteiger partial charge in [0.05, 0.1) is 37.7 Å². The van der Waals surface area contributed by atoms with Crippen molar-refractivity contribution in [3.8, 4) is 5.75 Å². The minimum absolute atomic E-state index is 0.0286. The highest BCUT2D eigenvalue weighted by atomic mass is 16.6. The van der Waals surface area contributed by atoms with Crippen LogP contribution >= 0.6 is 0 Å². The zero-order chi connectivity index (χ0) is 26.0. The van der Waals surface area contributed by atoms with Crippen molar-refractivity contribution >= 4 is 23.5 Å². The number of anilines is 1. The molecule has 1 N–H and O–H groups in total. The Labute approximate surface area is 211 Å². The Morgan fingerprint density at radius 3 is 2.61 bits per heavy atom. The van der Waals surface area contributed by atoms with Crippen LogP contribution in [0.5, 0.6) is 5.75 Å². The molecule has 3 fully saturated rings. The zero-order valence-electron chi connectivity index (χ0n) is 20.8. The van der Waals surface area contributed by atoms with Crippen molar-refractivity contribution in [1.29, 1.82) is 0 Å². The summed E-state index contributed by atoms with van der Waals surface area (Å²) in [7, 11) is 1.56. The number of methoxy groups -OCH3 is 1. The van der Waals surface area contributed by atoms with Gasteiger partial charge in [0.25, 0.3) is 5.91 Å². The van der Waals surface area contributed by atoms with Gasteiger partial charge in [-0.3, -0.25) is 14.4 Å². The summed E-state index contributed by atoms with van der Waals surface area (Å²) >= 11 is 0. The van der Waals surface area contributed by atoms with E-state index >= 15 is 0 Å². The third-order valence-corrected chi connectivity index (χ3v) is 7.62. The number of carbonyl (C=O) groups is 3. The molecule has 6 atom stereocenters. The standard InChI is InChI=1S/C27H34N2O7/c1-5-14-28(18-8-10-19(34-4)11-9-18)25(32)23-27-13-12-20(36-27)21(26(33)35-15-6-2)22(27)24(31)29(23)17(7-3)16-30/h5-6,8-11,17,20-23,30H,1-2,7,12-16H2,3-4H3/t17-,20-,21+,22-,23?,27?/m0/s1. The molecule has 3 aliphatic rings. The van der Waals surface area contributed by atoms with E-state index in [1.165, 1.54) is 11.0 Å². The minimum Gasteiger partial charge on any atom is -0.497 e. The Bertz CT molecular complexity index is 1020. The summed E-state index contributed by atoms with van der Waals surface area (Å²) < 4.78 is 17.0. The lowest BCUT2D eigenvalue weighted by Gasteiger charge is -2.39. The number of benzene rings is 1. The molecule has 2 unspecified atom stereocenters. The quantitative estimate of drug-likeness (QED) is 0.368. The van der Waals surface area contributed by atoms with Crippen LogP contribution in [0.25, 0.3) is 0 Å². The molecule has 9 nitrogen and oxygen atoms in total. The van der Waals surface area contributed by atoms with E-state index in [1.807, 2.05) is 6.92 Å². The Morgan fingerprint density at radius 2 is 2.03 bits per heavy atom. The second-order valence-corrected chi connectivity index (χ2v) is 9.40. The van der Waals surface area contributed by atoms with Gasteiger partial charge < -0.3 is 29.1 Å². The second kappa shape index (κ2) is 10.4. The van der Waals surface area contributed by atoms with Crippen LogP contribution in [-0.2, 0) is 23.9 Å². The molecule has 0 aromatic heterocycles. The van der Waals surface area contributed by atoms with Crippen LogP contribution in [0.4, 0.5) is 5.69 Å². The van der Waals surface area contributed by atoms with Gasteiger partial charge in [0.2, 0.25) is 5.91 Å². The Hall–Kier alpha value is -3.17. The zero-order valence-corrected chi connectivity index (χ0v) is 20.8. The predicted octanol–water partition coefficient (Wildman–Crippen LogP) is 2.09. The third-order valence-electron chi connectivity index (χ3n) is 7.62. The molecule has 0 saturated carbocycles. The molecule has 0 aliphatic carbocycles. The van der Waals surface area contributed by atoms with Crippen molar-refractivity contribution < 1.29 is 33.7 Å². The number of ether oxygens (including phenoxy) is 3. The Kier molecular flexibility index (Phi) is 7.51. The number of likely N-dealkylation sites (tertiary alicyclic amines) is 1. The molecule has 36 heavy (non-hydrogen) atoms. The lowest BCUT2D eigenvalue weighted by atomic mass is 9.70. The molecule has 1 aromatic carbocycles. The molecular weight excluding hydrogens is 464 g/mol. The first-order valence-electron chi connectivity index (χ1n) is 12.3. The van der Waals surface area contributed by atoms with E-state index in [1.54, 1.807) is 42.4 Å². The van der Waals surface area contributed by atoms with E-state index in [2.05, 4.69) is 13.2 Å². The average Bonchev–Trinajstić information content (AvgIpc) is 3.54. The molecule has 3 heterocycles. The number of carbonyl (C=O) groups excluding carboxylic acids is 3. The predicted molar refractivity (Wildman–Crippen MR) is 132 cm³/mol. The van der Waals surface area contributed by atoms with E-state index in [4.69, 9.17) is 14.2 Å². The molecule has 2 bridgehead atoms. The van der Waals surface area contributed by atoms with Gasteiger partial charge in [0, 0.05) is 12.2 Å². The SMILES string of the molecule is C=CCOC(=O)[C@@H]1[C@@H]2CCC3(O2)C(C(=O)N(CC=C)c2ccc(OC)cc2)N([C@@H](CC)CO)C(=O)[C@H]13. The summed E-state index contributed by atoms with van der Waals surface area (Å²) in [5, 5.41) is 10.1. The molecule has 4 rings (SSSR count). The van der Waals surface area contributed by atoms with Crippen LogP contribution < -0.4 is 9.64 Å². The first-order valence-corrected chi connectivity index (χ1v) is 12.3. The maximum atomic E-state index is 14.3. The van der Waals surface area contributed by atoms with Gasteiger partial charge in [-0.1, -0.05) is 25.7 Å². The number of esters is 1. The number of aliphatic hydroxyl groups excluding tert-OH is 1. The Morgan fingerprint density at radius 1 is 1.31 bits per heavy atom. The van der Waals surface area contributed by atoms with E-state index in [9.17, 15) is 19.5 Å². The number of hydrogen-bond acceptors (Lipinski definition) is 7. The van der Waals surface area contributed by atoms with Crippen LogP contribution in [0.3, 0.4) is 0 Å². The van der Waals surface area contributed by atoms with Crippen LogP contribution in [0.15, 0.2) is 49.6 Å². The van der Waals surface area contributed by atoms with Gasteiger partial charge in [-0.2, -0.15) is 0 Å². The topological polar surface area (TPSA) is 106 Å². The summed E-state index contributed by atoms with van der Waals surface area (Å²) in [5.41, 5.74) is -0.565. The van der Waals surface area contributed by atoms with Gasteiger partial charge in [0.1, 0.15) is 24.0 Å². The number of amides is 2. The number of hydrogen-bond donors (Lipinski definition) is 1. The molecule has 194 valence electrons. The van der Waals surface area contributed by atoms with Crippen molar-refractivity contribution in [2.75, 3.05) is 31.8 Å². The second-order valence-electron chi connectivity index (χ2n) is 9.40. The van der Waals surface area contributed by atoms with Gasteiger partial charge in [-0.15, -0.1) is 6.58 Å². The van der Waals surface area contributed by atoms with Crippen molar-refractivity contribution in [2.24, 2.45) is 11.8 Å². The van der Waals surface area contributed by atoms with Gasteiger partial charge in [0.15, 0.2) is 0 Å². The van der Waals surface area contributed by atoms with E-state index in [0.717, 1.165) is 0 Å². The van der Waals surface area contributed by atoms with Crippen LogP contribution in [0, 0.1) is 11.8 Å². The first kappa shape index (κ1) is 25.9. The fourth-order valence-electron chi connectivity index (χ4n) is 6.04. The van der Waals surface area contributed by atoms with Crippen molar-refractivity contribution in [3.63, 3.8) is 0 Å². The molecule has 0 radical (unpaired) electrons. The maximum absolute atomic E-state index is 14.3. The number of rotatable bonds is 11. The molecular formula is C27H34N2O7. The fraction of sp³-hybridized carbons (Fsp3) is 0.519. The minimum atomic E-state index is -1.18. The summed E-state index contributed by atoms with van der Waals surface area (Å²) in [6.07, 6.45) is 4.01. The van der Waals surface area contributed by atoms with Gasteiger partial charge >= 0.3 is 5.97 Å². The van der Waals surface area contributed by atoms with E-state index in [0.29, 0.717) is 30.7 Å². The van der Waals surface area contributed by atoms with Crippen molar-refractivity contribution in [2.45, 2.75) is 50.0 Å². The van der Waals surface area contributed by atoms with Gasteiger partial charge in [-0.25, -0.2) is 0 Å². The molecule has 1 aromatic rings. The monoisotopic (exact) mass is 498 g/mol. The fourth-order valence-corrected chi connectivity index (χ4v) is 6.04. The third kappa shape index (κ3) is 4.00. The van der Waals surface area contributed by atoms with Crippen LogP contribution in [0.1, 0.15) is 26.2 Å². The lowest BCUT2D eigenvalue weighted by Crippen LogP contribution is -2.59. The highest BCUT2D eigenvalue weighted by Gasteiger charge is 2.75. The number of aliphatic hydroxyl groups is 1. The normalized spacial score (nSPS) is 29.0. The summed E-state index contributed by atoms with van der Waals surface area (Å²) in [4.78, 5) is 44.3. The lowest BCUT2D eigenvalue weighted by molar-refractivity contribution is -0.154. The highest BCUT2D eigenvalue weighted by Crippen LogP contribution is 2.59. The molecule has 3 saturated heterocycles. The highest BCUT2D eigenvalue weighted by molar-refractivity contribution is 6.04. The van der Waals surface area contributed by atoms with Crippen LogP contribution in [0.2, 0.25) is 0 Å². The smallest absolute Gasteiger partial charge is 0.312 e.